The second-order valence-electron chi connectivity index (χ2n) is 6.35. The van der Waals surface area contributed by atoms with Crippen LogP contribution in [0.4, 0.5) is 0 Å². The van der Waals surface area contributed by atoms with Crippen molar-refractivity contribution in [2.75, 3.05) is 13.2 Å². The quantitative estimate of drug-likeness (QED) is 0.904. The fourth-order valence-electron chi connectivity index (χ4n) is 3.61. The van der Waals surface area contributed by atoms with Crippen LogP contribution in [0, 0.1) is 5.92 Å². The molecule has 3 atom stereocenters. The third kappa shape index (κ3) is 3.17. The maximum Gasteiger partial charge on any atom is 0.255 e. The summed E-state index contributed by atoms with van der Waals surface area (Å²) < 4.78 is 5.80. The third-order valence-electron chi connectivity index (χ3n) is 4.85. The molecule has 0 aliphatic carbocycles. The molecule has 0 saturated carbocycles. The first-order chi connectivity index (χ1) is 12.2. The van der Waals surface area contributed by atoms with Crippen LogP contribution >= 0.6 is 11.3 Å². The zero-order chi connectivity index (χ0) is 17.2. The van der Waals surface area contributed by atoms with Gasteiger partial charge in [0, 0.05) is 37.5 Å². The van der Waals surface area contributed by atoms with Gasteiger partial charge >= 0.3 is 0 Å². The van der Waals surface area contributed by atoms with Gasteiger partial charge in [-0.15, -0.1) is 0 Å². The SMILES string of the molecule is O=C(NCc1cccnc1)[C@@H]1CN(C(=O)c2ccsc2)[C@@H]2CCO[C@H]21. The Labute approximate surface area is 149 Å². The molecule has 4 rings (SSSR count). The minimum absolute atomic E-state index is 0.00990. The van der Waals surface area contributed by atoms with Gasteiger partial charge < -0.3 is 15.0 Å². The predicted molar refractivity (Wildman–Crippen MR) is 93.1 cm³/mol. The number of fused-ring (bicyclic) bond motifs is 1. The number of likely N-dealkylation sites (tertiary alicyclic amines) is 1. The van der Waals surface area contributed by atoms with E-state index in [1.54, 1.807) is 12.4 Å². The van der Waals surface area contributed by atoms with E-state index in [4.69, 9.17) is 4.74 Å². The van der Waals surface area contributed by atoms with Crippen molar-refractivity contribution in [3.8, 4) is 0 Å². The maximum absolute atomic E-state index is 12.7. The molecule has 2 amide bonds. The van der Waals surface area contributed by atoms with Gasteiger partial charge in [-0.25, -0.2) is 0 Å². The van der Waals surface area contributed by atoms with Gasteiger partial charge in [-0.05, 0) is 29.5 Å². The molecule has 0 aromatic carbocycles. The lowest BCUT2D eigenvalue weighted by Gasteiger charge is -2.21. The van der Waals surface area contributed by atoms with E-state index in [9.17, 15) is 9.59 Å². The molecule has 0 radical (unpaired) electrons. The van der Waals surface area contributed by atoms with Crippen molar-refractivity contribution in [1.82, 2.24) is 15.2 Å². The summed E-state index contributed by atoms with van der Waals surface area (Å²) in [5.41, 5.74) is 1.64. The molecule has 0 bridgehead atoms. The highest BCUT2D eigenvalue weighted by atomic mass is 32.1. The monoisotopic (exact) mass is 357 g/mol. The molecule has 25 heavy (non-hydrogen) atoms. The van der Waals surface area contributed by atoms with E-state index in [2.05, 4.69) is 10.3 Å². The standard InChI is InChI=1S/C18H19N3O3S/c22-17(20-9-12-2-1-5-19-8-12)14-10-21(15-3-6-24-16(14)15)18(23)13-4-7-25-11-13/h1-2,4-5,7-8,11,14-16H,3,6,9-10H2,(H,20,22)/t14-,15-,16+/m1/s1. The number of ether oxygens (including phenoxy) is 1. The van der Waals surface area contributed by atoms with Crippen molar-refractivity contribution >= 4 is 23.2 Å². The zero-order valence-electron chi connectivity index (χ0n) is 13.6. The van der Waals surface area contributed by atoms with Crippen molar-refractivity contribution in [1.29, 1.82) is 0 Å². The topological polar surface area (TPSA) is 71.5 Å². The summed E-state index contributed by atoms with van der Waals surface area (Å²) in [7, 11) is 0. The van der Waals surface area contributed by atoms with Gasteiger partial charge in [-0.2, -0.15) is 11.3 Å². The Balaban J connectivity index is 1.45. The predicted octanol–water partition coefficient (Wildman–Crippen LogP) is 1.69. The average Bonchev–Trinajstić information content (AvgIpc) is 3.36. The van der Waals surface area contributed by atoms with Gasteiger partial charge in [-0.1, -0.05) is 6.07 Å². The summed E-state index contributed by atoms with van der Waals surface area (Å²) in [5, 5.41) is 6.70. The number of carbonyl (C=O) groups excluding carboxylic acids is 2. The molecular weight excluding hydrogens is 338 g/mol. The van der Waals surface area contributed by atoms with Gasteiger partial charge in [0.25, 0.3) is 5.91 Å². The molecule has 2 aromatic rings. The summed E-state index contributed by atoms with van der Waals surface area (Å²) in [6.45, 7) is 1.43. The molecular formula is C18H19N3O3S. The van der Waals surface area contributed by atoms with Crippen molar-refractivity contribution < 1.29 is 14.3 Å². The molecule has 0 spiro atoms. The lowest BCUT2D eigenvalue weighted by Crippen LogP contribution is -2.37. The van der Waals surface area contributed by atoms with Crippen LogP contribution < -0.4 is 5.32 Å². The molecule has 130 valence electrons. The van der Waals surface area contributed by atoms with Gasteiger partial charge in [0.1, 0.15) is 0 Å². The Morgan fingerprint density at radius 3 is 3.08 bits per heavy atom. The van der Waals surface area contributed by atoms with Crippen molar-refractivity contribution in [2.45, 2.75) is 25.1 Å². The third-order valence-corrected chi connectivity index (χ3v) is 5.53. The normalized spacial score (nSPS) is 25.0. The molecule has 4 heterocycles. The highest BCUT2D eigenvalue weighted by Crippen LogP contribution is 2.34. The molecule has 0 unspecified atom stereocenters. The van der Waals surface area contributed by atoms with Crippen LogP contribution in [0.25, 0.3) is 0 Å². The summed E-state index contributed by atoms with van der Waals surface area (Å²) in [6, 6.07) is 5.58. The zero-order valence-corrected chi connectivity index (χ0v) is 14.4. The van der Waals surface area contributed by atoms with Crippen molar-refractivity contribution in [3.05, 3.63) is 52.5 Å². The van der Waals surface area contributed by atoms with Crippen molar-refractivity contribution in [2.24, 2.45) is 5.92 Å². The van der Waals surface area contributed by atoms with E-state index in [0.29, 0.717) is 25.3 Å². The Kier molecular flexibility index (Phi) is 4.50. The van der Waals surface area contributed by atoms with Crippen LogP contribution in [0.15, 0.2) is 41.4 Å². The highest BCUT2D eigenvalue weighted by molar-refractivity contribution is 7.08. The molecule has 2 fully saturated rings. The number of hydrogen-bond donors (Lipinski definition) is 1. The van der Waals surface area contributed by atoms with Crippen LogP contribution in [0.2, 0.25) is 0 Å². The average molecular weight is 357 g/mol. The molecule has 2 aliphatic rings. The van der Waals surface area contributed by atoms with E-state index < -0.39 is 0 Å². The first-order valence-corrected chi connectivity index (χ1v) is 9.29. The maximum atomic E-state index is 12.7. The number of pyridine rings is 1. The smallest absolute Gasteiger partial charge is 0.255 e. The van der Waals surface area contributed by atoms with Gasteiger partial charge in [0.05, 0.1) is 23.6 Å². The number of carbonyl (C=O) groups is 2. The van der Waals surface area contributed by atoms with Crippen LogP contribution in [-0.2, 0) is 16.1 Å². The largest absolute Gasteiger partial charge is 0.375 e. The fraction of sp³-hybridized carbons (Fsp3) is 0.389. The Bertz CT molecular complexity index is 750. The number of rotatable bonds is 4. The Morgan fingerprint density at radius 2 is 2.32 bits per heavy atom. The van der Waals surface area contributed by atoms with E-state index in [1.165, 1.54) is 11.3 Å². The molecule has 2 aromatic heterocycles. The lowest BCUT2D eigenvalue weighted by molar-refractivity contribution is -0.127. The fourth-order valence-corrected chi connectivity index (χ4v) is 4.24. The summed E-state index contributed by atoms with van der Waals surface area (Å²) in [4.78, 5) is 31.3. The van der Waals surface area contributed by atoms with E-state index in [-0.39, 0.29) is 29.9 Å². The first kappa shape index (κ1) is 16.2. The summed E-state index contributed by atoms with van der Waals surface area (Å²) >= 11 is 1.50. The van der Waals surface area contributed by atoms with Gasteiger partial charge in [-0.3, -0.25) is 14.6 Å². The van der Waals surface area contributed by atoms with E-state index in [1.807, 2.05) is 33.9 Å². The minimum Gasteiger partial charge on any atom is -0.375 e. The minimum atomic E-state index is -0.327. The van der Waals surface area contributed by atoms with Crippen LogP contribution in [-0.4, -0.2) is 47.0 Å². The number of thiophene rings is 1. The van der Waals surface area contributed by atoms with E-state index >= 15 is 0 Å². The molecule has 6 nitrogen and oxygen atoms in total. The van der Waals surface area contributed by atoms with Crippen LogP contribution in [0.3, 0.4) is 0 Å². The second kappa shape index (κ2) is 6.93. The summed E-state index contributed by atoms with van der Waals surface area (Å²) in [6.07, 6.45) is 4.01. The van der Waals surface area contributed by atoms with Crippen molar-refractivity contribution in [3.63, 3.8) is 0 Å². The highest BCUT2D eigenvalue weighted by Gasteiger charge is 2.50. The molecule has 1 N–H and O–H groups in total. The van der Waals surface area contributed by atoms with Crippen LogP contribution in [0.5, 0.6) is 0 Å². The number of nitrogens with one attached hydrogen (secondary N) is 1. The summed E-state index contributed by atoms with van der Waals surface area (Å²) in [5.74, 6) is -0.405. The molecule has 2 saturated heterocycles. The Hall–Kier alpha value is -2.25. The molecule has 7 heteroatoms. The number of amides is 2. The molecule has 2 aliphatic heterocycles. The first-order valence-electron chi connectivity index (χ1n) is 8.35. The second-order valence-corrected chi connectivity index (χ2v) is 7.13. The van der Waals surface area contributed by atoms with E-state index in [0.717, 1.165) is 12.0 Å². The number of hydrogen-bond acceptors (Lipinski definition) is 5. The van der Waals surface area contributed by atoms with Gasteiger partial charge in [0.2, 0.25) is 5.91 Å². The number of aromatic nitrogens is 1. The Morgan fingerprint density at radius 1 is 1.40 bits per heavy atom. The number of nitrogens with zero attached hydrogens (tertiary/aromatic N) is 2. The van der Waals surface area contributed by atoms with Crippen LogP contribution in [0.1, 0.15) is 22.3 Å². The lowest BCUT2D eigenvalue weighted by atomic mass is 10.0. The van der Waals surface area contributed by atoms with Gasteiger partial charge in [0.15, 0.2) is 0 Å².